The summed E-state index contributed by atoms with van der Waals surface area (Å²) in [6.07, 6.45) is 6.34. The first-order valence-electron chi connectivity index (χ1n) is 7.34. The van der Waals surface area contributed by atoms with Gasteiger partial charge in [0, 0.05) is 43.5 Å². The fourth-order valence-electron chi connectivity index (χ4n) is 2.54. The average molecular weight is 298 g/mol. The molecule has 1 unspecified atom stereocenters. The molecule has 1 aromatic carbocycles. The minimum absolute atomic E-state index is 0.0453. The van der Waals surface area contributed by atoms with E-state index in [1.54, 1.807) is 12.5 Å². The quantitative estimate of drug-likeness (QED) is 0.884. The molecule has 1 saturated heterocycles. The van der Waals surface area contributed by atoms with E-state index in [0.29, 0.717) is 19.5 Å². The number of imidazole rings is 1. The third-order valence-electron chi connectivity index (χ3n) is 3.82. The second kappa shape index (κ2) is 6.43. The number of nitrogens with one attached hydrogen (secondary N) is 2. The summed E-state index contributed by atoms with van der Waals surface area (Å²) in [6, 6.07) is 7.92. The Balaban J connectivity index is 1.55. The predicted molar refractivity (Wildman–Crippen MR) is 81.1 cm³/mol. The molecule has 1 fully saturated rings. The van der Waals surface area contributed by atoms with Gasteiger partial charge in [0.05, 0.1) is 6.33 Å². The van der Waals surface area contributed by atoms with Crippen LogP contribution in [-0.2, 0) is 16.1 Å². The molecule has 3 rings (SSSR count). The summed E-state index contributed by atoms with van der Waals surface area (Å²) < 4.78 is 1.92. The van der Waals surface area contributed by atoms with Crippen molar-refractivity contribution in [1.29, 1.82) is 0 Å². The van der Waals surface area contributed by atoms with Crippen molar-refractivity contribution in [2.24, 2.45) is 5.92 Å². The summed E-state index contributed by atoms with van der Waals surface area (Å²) in [4.78, 5) is 27.4. The van der Waals surface area contributed by atoms with Crippen molar-refractivity contribution >= 4 is 11.8 Å². The summed E-state index contributed by atoms with van der Waals surface area (Å²) in [6.45, 7) is 1.05. The maximum absolute atomic E-state index is 12.1. The highest BCUT2D eigenvalue weighted by Crippen LogP contribution is 2.13. The third-order valence-corrected chi connectivity index (χ3v) is 3.82. The number of carbonyl (C=O) groups is 2. The lowest BCUT2D eigenvalue weighted by molar-refractivity contribution is -0.132. The average Bonchev–Trinajstić information content (AvgIpc) is 3.07. The van der Waals surface area contributed by atoms with E-state index in [-0.39, 0.29) is 24.2 Å². The van der Waals surface area contributed by atoms with Crippen LogP contribution in [0.4, 0.5) is 0 Å². The van der Waals surface area contributed by atoms with Crippen LogP contribution in [0.15, 0.2) is 43.0 Å². The highest BCUT2D eigenvalue weighted by Gasteiger charge is 2.25. The molecule has 0 radical (unpaired) electrons. The zero-order chi connectivity index (χ0) is 15.4. The SMILES string of the molecule is O=C1CC(C(=O)NCc2ccc(-n3ccnc3)cc2)CCN1. The molecule has 2 N–H and O–H groups in total. The fraction of sp³-hybridized carbons (Fsp3) is 0.312. The number of benzene rings is 1. The van der Waals surface area contributed by atoms with E-state index in [2.05, 4.69) is 15.6 Å². The number of nitrogens with zero attached hydrogens (tertiary/aromatic N) is 2. The monoisotopic (exact) mass is 298 g/mol. The maximum Gasteiger partial charge on any atom is 0.223 e. The van der Waals surface area contributed by atoms with Gasteiger partial charge in [-0.1, -0.05) is 12.1 Å². The van der Waals surface area contributed by atoms with Crippen LogP contribution < -0.4 is 10.6 Å². The smallest absolute Gasteiger partial charge is 0.223 e. The summed E-state index contributed by atoms with van der Waals surface area (Å²) >= 11 is 0. The van der Waals surface area contributed by atoms with E-state index in [9.17, 15) is 9.59 Å². The molecule has 2 aromatic rings. The highest BCUT2D eigenvalue weighted by atomic mass is 16.2. The third kappa shape index (κ3) is 3.33. The van der Waals surface area contributed by atoms with Crippen molar-refractivity contribution in [2.45, 2.75) is 19.4 Å². The van der Waals surface area contributed by atoms with E-state index in [1.165, 1.54) is 0 Å². The molecule has 1 aromatic heterocycles. The molecule has 6 heteroatoms. The lowest BCUT2D eigenvalue weighted by atomic mass is 9.96. The van der Waals surface area contributed by atoms with Gasteiger partial charge in [0.15, 0.2) is 0 Å². The molecule has 6 nitrogen and oxygen atoms in total. The fourth-order valence-corrected chi connectivity index (χ4v) is 2.54. The zero-order valence-electron chi connectivity index (χ0n) is 12.2. The first-order chi connectivity index (χ1) is 10.7. The van der Waals surface area contributed by atoms with Gasteiger partial charge < -0.3 is 15.2 Å². The van der Waals surface area contributed by atoms with Gasteiger partial charge in [0.2, 0.25) is 11.8 Å². The van der Waals surface area contributed by atoms with E-state index in [4.69, 9.17) is 0 Å². The van der Waals surface area contributed by atoms with Crippen molar-refractivity contribution in [2.75, 3.05) is 6.54 Å². The van der Waals surface area contributed by atoms with Gasteiger partial charge in [0.1, 0.15) is 0 Å². The van der Waals surface area contributed by atoms with Gasteiger partial charge >= 0.3 is 0 Å². The summed E-state index contributed by atoms with van der Waals surface area (Å²) in [5, 5.41) is 5.64. The molecule has 22 heavy (non-hydrogen) atoms. The molecule has 1 aliphatic rings. The molecule has 0 spiro atoms. The second-order valence-corrected chi connectivity index (χ2v) is 5.39. The minimum atomic E-state index is -0.209. The van der Waals surface area contributed by atoms with Crippen LogP contribution in [0.2, 0.25) is 0 Å². The zero-order valence-corrected chi connectivity index (χ0v) is 12.2. The standard InChI is InChI=1S/C16H18N4O2/c21-15-9-13(5-6-18-15)16(22)19-10-12-1-3-14(4-2-12)20-8-7-17-11-20/h1-4,7-8,11,13H,5-6,9-10H2,(H,18,21)(H,19,22). The van der Waals surface area contributed by atoms with Crippen LogP contribution >= 0.6 is 0 Å². The first kappa shape index (κ1) is 14.3. The highest BCUT2D eigenvalue weighted by molar-refractivity contribution is 5.86. The Morgan fingerprint density at radius 3 is 2.86 bits per heavy atom. The number of carbonyl (C=O) groups excluding carboxylic acids is 2. The molecule has 0 bridgehead atoms. The molecule has 114 valence electrons. The van der Waals surface area contributed by atoms with E-state index >= 15 is 0 Å². The lowest BCUT2D eigenvalue weighted by Crippen LogP contribution is -2.40. The lowest BCUT2D eigenvalue weighted by Gasteiger charge is -2.21. The van der Waals surface area contributed by atoms with Crippen molar-refractivity contribution < 1.29 is 9.59 Å². The molecule has 0 saturated carbocycles. The Morgan fingerprint density at radius 2 is 2.18 bits per heavy atom. The van der Waals surface area contributed by atoms with Crippen LogP contribution in [0, 0.1) is 5.92 Å². The topological polar surface area (TPSA) is 76.0 Å². The van der Waals surface area contributed by atoms with E-state index < -0.39 is 0 Å². The molecule has 1 aliphatic heterocycles. The summed E-state index contributed by atoms with van der Waals surface area (Å²) in [7, 11) is 0. The van der Waals surface area contributed by atoms with Crippen LogP contribution in [0.1, 0.15) is 18.4 Å². The number of hydrogen-bond donors (Lipinski definition) is 2. The Labute approximate surface area is 128 Å². The predicted octanol–water partition coefficient (Wildman–Crippen LogP) is 1.01. The molecule has 2 heterocycles. The normalized spacial score (nSPS) is 17.8. The maximum atomic E-state index is 12.1. The molecule has 2 amide bonds. The summed E-state index contributed by atoms with van der Waals surface area (Å²) in [5.41, 5.74) is 2.05. The van der Waals surface area contributed by atoms with E-state index in [0.717, 1.165) is 11.3 Å². The van der Waals surface area contributed by atoms with Crippen molar-refractivity contribution in [3.63, 3.8) is 0 Å². The Bertz CT molecular complexity index is 649. The molecular formula is C16H18N4O2. The van der Waals surface area contributed by atoms with Gasteiger partial charge in [-0.05, 0) is 24.1 Å². The number of hydrogen-bond acceptors (Lipinski definition) is 3. The Morgan fingerprint density at radius 1 is 1.36 bits per heavy atom. The summed E-state index contributed by atoms with van der Waals surface area (Å²) in [5.74, 6) is -0.302. The largest absolute Gasteiger partial charge is 0.356 e. The van der Waals surface area contributed by atoms with E-state index in [1.807, 2.05) is 35.0 Å². The van der Waals surface area contributed by atoms with Crippen LogP contribution in [0.5, 0.6) is 0 Å². The molecule has 1 atom stereocenters. The van der Waals surface area contributed by atoms with Crippen LogP contribution in [-0.4, -0.2) is 27.9 Å². The number of piperidine rings is 1. The van der Waals surface area contributed by atoms with Gasteiger partial charge in [-0.25, -0.2) is 4.98 Å². The van der Waals surface area contributed by atoms with Gasteiger partial charge in [0.25, 0.3) is 0 Å². The Hall–Kier alpha value is -2.63. The van der Waals surface area contributed by atoms with Gasteiger partial charge in [-0.15, -0.1) is 0 Å². The number of aromatic nitrogens is 2. The second-order valence-electron chi connectivity index (χ2n) is 5.39. The molecule has 0 aliphatic carbocycles. The van der Waals surface area contributed by atoms with Crippen LogP contribution in [0.25, 0.3) is 5.69 Å². The number of amides is 2. The first-order valence-corrected chi connectivity index (χ1v) is 7.34. The Kier molecular flexibility index (Phi) is 4.18. The number of rotatable bonds is 4. The van der Waals surface area contributed by atoms with Crippen molar-refractivity contribution in [1.82, 2.24) is 20.2 Å². The minimum Gasteiger partial charge on any atom is -0.356 e. The van der Waals surface area contributed by atoms with Gasteiger partial charge in [-0.2, -0.15) is 0 Å². The van der Waals surface area contributed by atoms with Crippen LogP contribution in [0.3, 0.4) is 0 Å². The van der Waals surface area contributed by atoms with Crippen molar-refractivity contribution in [3.8, 4) is 5.69 Å². The van der Waals surface area contributed by atoms with Crippen molar-refractivity contribution in [3.05, 3.63) is 48.5 Å². The van der Waals surface area contributed by atoms with Gasteiger partial charge in [-0.3, -0.25) is 9.59 Å². The molecular weight excluding hydrogens is 280 g/mol.